The molecule has 0 saturated heterocycles. The van der Waals surface area contributed by atoms with Crippen molar-refractivity contribution < 1.29 is 0 Å². The van der Waals surface area contributed by atoms with E-state index in [1.807, 2.05) is 72.8 Å². The number of anilines is 2. The third kappa shape index (κ3) is 3.94. The van der Waals surface area contributed by atoms with Crippen LogP contribution >= 0.6 is 0 Å². The monoisotopic (exact) mass is 492 g/mol. The summed E-state index contributed by atoms with van der Waals surface area (Å²) in [5.41, 5.74) is 24.9. The third-order valence-corrected chi connectivity index (χ3v) is 6.80. The van der Waals surface area contributed by atoms with Gasteiger partial charge in [-0.05, 0) is 96.1 Å². The van der Waals surface area contributed by atoms with E-state index in [9.17, 15) is 0 Å². The Morgan fingerprint density at radius 3 is 1.37 bits per heavy atom. The highest BCUT2D eigenvalue weighted by Gasteiger charge is 2.14. The van der Waals surface area contributed by atoms with Gasteiger partial charge in [-0.3, -0.25) is 0 Å². The van der Waals surface area contributed by atoms with Crippen LogP contribution in [0.4, 0.5) is 11.4 Å². The van der Waals surface area contributed by atoms with Crippen LogP contribution in [0.2, 0.25) is 0 Å². The van der Waals surface area contributed by atoms with E-state index in [-0.39, 0.29) is 0 Å². The Morgan fingerprint density at radius 1 is 0.474 bits per heavy atom. The second-order valence-electron chi connectivity index (χ2n) is 9.45. The van der Waals surface area contributed by atoms with Gasteiger partial charge in [-0.25, -0.2) is 9.97 Å². The number of H-pyrrole nitrogens is 2. The minimum Gasteiger partial charge on any atom is -0.399 e. The quantitative estimate of drug-likeness (QED) is 0.192. The Labute approximate surface area is 219 Å². The SMILES string of the molecule is Nc1ccc(-c2c3nc(cc4ccc(cc5nc(c(-c6ccc(N)cc6)c6ccc2[nH]6)C=C5)[nH]4)C=C3)cc1. The van der Waals surface area contributed by atoms with Gasteiger partial charge in [0, 0.05) is 44.6 Å². The summed E-state index contributed by atoms with van der Waals surface area (Å²) in [6, 6.07) is 28.2. The fourth-order valence-corrected chi connectivity index (χ4v) is 4.98. The first-order valence-corrected chi connectivity index (χ1v) is 12.4. The highest BCUT2D eigenvalue weighted by Crippen LogP contribution is 2.34. The Bertz CT molecular complexity index is 1780. The van der Waals surface area contributed by atoms with Gasteiger partial charge in [0.2, 0.25) is 0 Å². The van der Waals surface area contributed by atoms with Crippen LogP contribution in [0, 0.1) is 0 Å². The second-order valence-corrected chi connectivity index (χ2v) is 9.45. The molecule has 0 amide bonds. The summed E-state index contributed by atoms with van der Waals surface area (Å²) in [5, 5.41) is 0. The van der Waals surface area contributed by atoms with Crippen molar-refractivity contribution >= 4 is 57.7 Å². The Balaban J connectivity index is 1.62. The molecule has 8 bridgehead atoms. The van der Waals surface area contributed by atoms with Crippen LogP contribution in [0.3, 0.4) is 0 Å². The van der Waals surface area contributed by atoms with Crippen LogP contribution in [-0.2, 0) is 0 Å². The summed E-state index contributed by atoms with van der Waals surface area (Å²) < 4.78 is 0. The molecule has 182 valence electrons. The normalized spacial score (nSPS) is 12.2. The van der Waals surface area contributed by atoms with Crippen molar-refractivity contribution in [3.8, 4) is 22.3 Å². The summed E-state index contributed by atoms with van der Waals surface area (Å²) in [6.45, 7) is 0. The van der Waals surface area contributed by atoms with E-state index >= 15 is 0 Å². The van der Waals surface area contributed by atoms with Crippen molar-refractivity contribution in [2.75, 3.05) is 11.5 Å². The fourth-order valence-electron chi connectivity index (χ4n) is 4.98. The van der Waals surface area contributed by atoms with E-state index in [4.69, 9.17) is 21.4 Å². The standard InChI is InChI=1S/C32H24N6/c33-21-5-1-19(2-6-21)31-27-13-11-25(36-27)17-23-9-10-24(35-23)18-26-12-14-28(37-26)32(30-16-15-29(31)38-30)20-3-7-22(34)8-4-20/h1-18,35,38H,33-34H2. The maximum absolute atomic E-state index is 6.01. The number of aromatic amines is 2. The van der Waals surface area contributed by atoms with Crippen LogP contribution in [0.5, 0.6) is 0 Å². The lowest BCUT2D eigenvalue weighted by Crippen LogP contribution is -1.89. The second kappa shape index (κ2) is 8.64. The molecule has 6 heteroatoms. The smallest absolute Gasteiger partial charge is 0.0736 e. The number of fused-ring (bicyclic) bond motifs is 8. The molecule has 2 aromatic carbocycles. The van der Waals surface area contributed by atoms with Gasteiger partial charge in [-0.1, -0.05) is 24.3 Å². The van der Waals surface area contributed by atoms with Crippen molar-refractivity contribution in [1.29, 1.82) is 0 Å². The van der Waals surface area contributed by atoms with Crippen LogP contribution in [0.25, 0.3) is 68.6 Å². The topological polar surface area (TPSA) is 109 Å². The van der Waals surface area contributed by atoms with Gasteiger partial charge in [0.15, 0.2) is 0 Å². The first-order chi connectivity index (χ1) is 18.6. The zero-order valence-electron chi connectivity index (χ0n) is 20.4. The van der Waals surface area contributed by atoms with E-state index in [1.54, 1.807) is 0 Å². The van der Waals surface area contributed by atoms with Crippen LogP contribution in [-0.4, -0.2) is 19.9 Å². The van der Waals surface area contributed by atoms with Crippen molar-refractivity contribution in [1.82, 2.24) is 19.9 Å². The molecule has 0 aliphatic carbocycles. The predicted octanol–water partition coefficient (Wildman–Crippen LogP) is 7.15. The number of aromatic nitrogens is 4. The van der Waals surface area contributed by atoms with E-state index in [1.165, 1.54) is 0 Å². The molecule has 38 heavy (non-hydrogen) atoms. The van der Waals surface area contributed by atoms with Crippen molar-refractivity contribution in [2.45, 2.75) is 0 Å². The lowest BCUT2D eigenvalue weighted by Gasteiger charge is -2.06. The van der Waals surface area contributed by atoms with Crippen molar-refractivity contribution in [2.24, 2.45) is 0 Å². The highest BCUT2D eigenvalue weighted by atomic mass is 14.8. The van der Waals surface area contributed by atoms with E-state index in [0.29, 0.717) is 0 Å². The molecular weight excluding hydrogens is 468 g/mol. The average Bonchev–Trinajstić information content (AvgIpc) is 3.72. The molecule has 3 aromatic heterocycles. The van der Waals surface area contributed by atoms with Gasteiger partial charge in [0.05, 0.1) is 22.8 Å². The molecule has 7 rings (SSSR count). The first kappa shape index (κ1) is 21.9. The molecule has 6 N–H and O–H groups in total. The molecule has 0 saturated carbocycles. The third-order valence-electron chi connectivity index (χ3n) is 6.80. The van der Waals surface area contributed by atoms with Gasteiger partial charge >= 0.3 is 0 Å². The van der Waals surface area contributed by atoms with Crippen molar-refractivity contribution in [3.63, 3.8) is 0 Å². The molecule has 0 spiro atoms. The minimum atomic E-state index is 0.718. The number of nitrogen functional groups attached to an aromatic ring is 2. The Kier molecular flexibility index (Phi) is 4.97. The van der Waals surface area contributed by atoms with E-state index in [2.05, 4.69) is 46.4 Å². The first-order valence-electron chi connectivity index (χ1n) is 12.4. The lowest BCUT2D eigenvalue weighted by molar-refractivity contribution is 1.31. The van der Waals surface area contributed by atoms with Gasteiger partial charge < -0.3 is 21.4 Å². The molecule has 2 aliphatic heterocycles. The molecule has 5 aromatic rings. The number of nitrogens with one attached hydrogen (secondary N) is 2. The molecule has 2 aliphatic rings. The Morgan fingerprint density at radius 2 is 0.921 bits per heavy atom. The molecule has 6 nitrogen and oxygen atoms in total. The van der Waals surface area contributed by atoms with E-state index < -0.39 is 0 Å². The molecule has 0 atom stereocenters. The maximum atomic E-state index is 6.01. The molecule has 0 fully saturated rings. The molecular formula is C32H24N6. The Hall–Kier alpha value is -5.36. The zero-order chi connectivity index (χ0) is 25.6. The largest absolute Gasteiger partial charge is 0.399 e. The van der Waals surface area contributed by atoms with Crippen LogP contribution in [0.1, 0.15) is 22.8 Å². The minimum absolute atomic E-state index is 0.718. The number of rotatable bonds is 2. The highest BCUT2D eigenvalue weighted by molar-refractivity contribution is 5.95. The van der Waals surface area contributed by atoms with Gasteiger partial charge in [-0.15, -0.1) is 0 Å². The molecule has 0 unspecified atom stereocenters. The van der Waals surface area contributed by atoms with Crippen LogP contribution < -0.4 is 11.5 Å². The fraction of sp³-hybridized carbons (Fsp3) is 0. The molecule has 5 heterocycles. The lowest BCUT2D eigenvalue weighted by atomic mass is 10.0. The summed E-state index contributed by atoms with van der Waals surface area (Å²) in [7, 11) is 0. The summed E-state index contributed by atoms with van der Waals surface area (Å²) in [5.74, 6) is 0. The van der Waals surface area contributed by atoms with Gasteiger partial charge in [0.1, 0.15) is 0 Å². The number of hydrogen-bond acceptors (Lipinski definition) is 4. The molecule has 0 radical (unpaired) electrons. The van der Waals surface area contributed by atoms with Gasteiger partial charge in [0.25, 0.3) is 0 Å². The summed E-state index contributed by atoms with van der Waals surface area (Å²) in [6.07, 6.45) is 8.19. The van der Waals surface area contributed by atoms with Gasteiger partial charge in [-0.2, -0.15) is 0 Å². The number of benzene rings is 2. The predicted molar refractivity (Wildman–Crippen MR) is 159 cm³/mol. The average molecular weight is 493 g/mol. The number of nitrogens with two attached hydrogens (primary N) is 2. The summed E-state index contributed by atoms with van der Waals surface area (Å²) in [4.78, 5) is 17.1. The number of hydrogen-bond donors (Lipinski definition) is 4. The number of nitrogens with zero attached hydrogens (tertiary/aromatic N) is 2. The maximum Gasteiger partial charge on any atom is 0.0736 e. The van der Waals surface area contributed by atoms with Crippen LogP contribution in [0.15, 0.2) is 84.9 Å². The summed E-state index contributed by atoms with van der Waals surface area (Å²) >= 11 is 0. The zero-order valence-corrected chi connectivity index (χ0v) is 20.4. The van der Waals surface area contributed by atoms with Crippen molar-refractivity contribution in [3.05, 3.63) is 108 Å². The van der Waals surface area contributed by atoms with E-state index in [0.717, 1.165) is 78.5 Å².